The molecule has 1 fully saturated rings. The standard InChI is InChI=1S/C11H24N2O/c1-4-13(5-2)9-10(14)8-12-11(3)6-7-11/h10,12,14H,4-9H2,1-3H3. The average molecular weight is 200 g/mol. The highest BCUT2D eigenvalue weighted by Crippen LogP contribution is 2.33. The molecule has 84 valence electrons. The van der Waals surface area contributed by atoms with Crippen LogP contribution in [0.4, 0.5) is 0 Å². The molecule has 0 aromatic rings. The van der Waals surface area contributed by atoms with Gasteiger partial charge in [0.2, 0.25) is 0 Å². The van der Waals surface area contributed by atoms with E-state index in [2.05, 4.69) is 31.0 Å². The molecule has 1 atom stereocenters. The third kappa shape index (κ3) is 3.95. The first-order valence-electron chi connectivity index (χ1n) is 5.75. The summed E-state index contributed by atoms with van der Waals surface area (Å²) in [4.78, 5) is 2.25. The molecule has 1 rings (SSSR count). The molecule has 0 aromatic carbocycles. The Morgan fingerprint density at radius 2 is 1.93 bits per heavy atom. The largest absolute Gasteiger partial charge is 0.390 e. The molecule has 0 aliphatic heterocycles. The zero-order valence-electron chi connectivity index (χ0n) is 9.71. The van der Waals surface area contributed by atoms with Crippen LogP contribution < -0.4 is 5.32 Å². The Kier molecular flexibility index (Phi) is 4.35. The van der Waals surface area contributed by atoms with E-state index >= 15 is 0 Å². The summed E-state index contributed by atoms with van der Waals surface area (Å²) >= 11 is 0. The van der Waals surface area contributed by atoms with E-state index in [0.29, 0.717) is 5.54 Å². The predicted molar refractivity (Wildman–Crippen MR) is 59.4 cm³/mol. The summed E-state index contributed by atoms with van der Waals surface area (Å²) in [7, 11) is 0. The molecule has 3 nitrogen and oxygen atoms in total. The number of nitrogens with zero attached hydrogens (tertiary/aromatic N) is 1. The second-order valence-electron chi connectivity index (χ2n) is 4.58. The molecule has 0 radical (unpaired) electrons. The van der Waals surface area contributed by atoms with E-state index in [9.17, 15) is 5.11 Å². The third-order valence-corrected chi connectivity index (χ3v) is 3.13. The van der Waals surface area contributed by atoms with Crippen LogP contribution in [0.1, 0.15) is 33.6 Å². The zero-order chi connectivity index (χ0) is 10.6. The lowest BCUT2D eigenvalue weighted by atomic mass is 10.2. The number of likely N-dealkylation sites (N-methyl/N-ethyl adjacent to an activating group) is 1. The lowest BCUT2D eigenvalue weighted by Gasteiger charge is -2.23. The Morgan fingerprint density at radius 1 is 1.36 bits per heavy atom. The second-order valence-corrected chi connectivity index (χ2v) is 4.58. The van der Waals surface area contributed by atoms with Crippen molar-refractivity contribution in [1.82, 2.24) is 10.2 Å². The van der Waals surface area contributed by atoms with Gasteiger partial charge in [-0.25, -0.2) is 0 Å². The molecular weight excluding hydrogens is 176 g/mol. The molecule has 0 bridgehead atoms. The summed E-state index contributed by atoms with van der Waals surface area (Å²) in [5.41, 5.74) is 0.338. The summed E-state index contributed by atoms with van der Waals surface area (Å²) in [6.45, 7) is 10.0. The fourth-order valence-corrected chi connectivity index (χ4v) is 1.57. The van der Waals surface area contributed by atoms with Crippen molar-refractivity contribution in [3.05, 3.63) is 0 Å². The molecule has 14 heavy (non-hydrogen) atoms. The van der Waals surface area contributed by atoms with Gasteiger partial charge >= 0.3 is 0 Å². The summed E-state index contributed by atoms with van der Waals surface area (Å²) in [6.07, 6.45) is 2.28. The van der Waals surface area contributed by atoms with Gasteiger partial charge < -0.3 is 15.3 Å². The Labute approximate surface area is 87.5 Å². The van der Waals surface area contributed by atoms with Crippen molar-refractivity contribution in [1.29, 1.82) is 0 Å². The first kappa shape index (κ1) is 12.0. The van der Waals surface area contributed by atoms with E-state index in [-0.39, 0.29) is 6.10 Å². The first-order valence-corrected chi connectivity index (χ1v) is 5.75. The van der Waals surface area contributed by atoms with Crippen LogP contribution in [0.3, 0.4) is 0 Å². The molecule has 1 aliphatic carbocycles. The van der Waals surface area contributed by atoms with E-state index in [1.165, 1.54) is 12.8 Å². The van der Waals surface area contributed by atoms with Crippen LogP contribution in [0.5, 0.6) is 0 Å². The SMILES string of the molecule is CCN(CC)CC(O)CNC1(C)CC1. The summed E-state index contributed by atoms with van der Waals surface area (Å²) in [5.74, 6) is 0. The van der Waals surface area contributed by atoms with Gasteiger partial charge in [0.25, 0.3) is 0 Å². The molecule has 0 heterocycles. The maximum atomic E-state index is 9.77. The monoisotopic (exact) mass is 200 g/mol. The fraction of sp³-hybridized carbons (Fsp3) is 1.00. The highest BCUT2D eigenvalue weighted by Gasteiger charge is 2.36. The molecule has 0 spiro atoms. The quantitative estimate of drug-likeness (QED) is 0.639. The second kappa shape index (κ2) is 5.10. The molecule has 0 amide bonds. The number of nitrogens with one attached hydrogen (secondary N) is 1. The van der Waals surface area contributed by atoms with Crippen molar-refractivity contribution in [2.24, 2.45) is 0 Å². The van der Waals surface area contributed by atoms with E-state index in [1.807, 2.05) is 0 Å². The van der Waals surface area contributed by atoms with Crippen molar-refractivity contribution in [2.75, 3.05) is 26.2 Å². The minimum absolute atomic E-state index is 0.229. The maximum Gasteiger partial charge on any atom is 0.0791 e. The minimum Gasteiger partial charge on any atom is -0.390 e. The van der Waals surface area contributed by atoms with Gasteiger partial charge in [-0.1, -0.05) is 13.8 Å². The predicted octanol–water partition coefficient (Wildman–Crippen LogP) is 0.831. The Balaban J connectivity index is 2.11. The van der Waals surface area contributed by atoms with Crippen molar-refractivity contribution in [3.8, 4) is 0 Å². The minimum atomic E-state index is -0.229. The van der Waals surface area contributed by atoms with Crippen LogP contribution in [0.2, 0.25) is 0 Å². The van der Waals surface area contributed by atoms with Crippen LogP contribution >= 0.6 is 0 Å². The van der Waals surface area contributed by atoms with Gasteiger partial charge in [0.05, 0.1) is 6.10 Å². The van der Waals surface area contributed by atoms with Crippen molar-refractivity contribution in [2.45, 2.75) is 45.3 Å². The van der Waals surface area contributed by atoms with E-state index in [4.69, 9.17) is 0 Å². The Morgan fingerprint density at radius 3 is 2.36 bits per heavy atom. The molecular formula is C11H24N2O. The van der Waals surface area contributed by atoms with Gasteiger partial charge in [0.15, 0.2) is 0 Å². The molecule has 1 unspecified atom stereocenters. The van der Waals surface area contributed by atoms with Crippen LogP contribution in [0.15, 0.2) is 0 Å². The van der Waals surface area contributed by atoms with Crippen molar-refractivity contribution >= 4 is 0 Å². The van der Waals surface area contributed by atoms with Crippen LogP contribution in [0.25, 0.3) is 0 Å². The normalized spacial score (nSPS) is 21.2. The van der Waals surface area contributed by atoms with Gasteiger partial charge in [0.1, 0.15) is 0 Å². The van der Waals surface area contributed by atoms with E-state index in [1.54, 1.807) is 0 Å². The van der Waals surface area contributed by atoms with Gasteiger partial charge in [0, 0.05) is 18.6 Å². The maximum absolute atomic E-state index is 9.77. The smallest absolute Gasteiger partial charge is 0.0791 e. The Hall–Kier alpha value is -0.120. The van der Waals surface area contributed by atoms with Crippen LogP contribution in [0, 0.1) is 0 Å². The molecule has 0 saturated heterocycles. The molecule has 1 saturated carbocycles. The van der Waals surface area contributed by atoms with Gasteiger partial charge in [-0.2, -0.15) is 0 Å². The summed E-state index contributed by atoms with van der Waals surface area (Å²) in [5, 5.41) is 13.2. The number of hydrogen-bond acceptors (Lipinski definition) is 3. The van der Waals surface area contributed by atoms with E-state index in [0.717, 1.165) is 26.2 Å². The number of rotatable bonds is 7. The van der Waals surface area contributed by atoms with Crippen LogP contribution in [-0.2, 0) is 0 Å². The fourth-order valence-electron chi connectivity index (χ4n) is 1.57. The number of β-amino-alcohol motifs (C(OH)–C–C–N with tert-alkyl or cyclic N) is 1. The van der Waals surface area contributed by atoms with Gasteiger partial charge in [-0.15, -0.1) is 0 Å². The number of hydrogen-bond donors (Lipinski definition) is 2. The zero-order valence-corrected chi connectivity index (χ0v) is 9.71. The number of aliphatic hydroxyl groups is 1. The Bertz CT molecular complexity index is 165. The average Bonchev–Trinajstić information content (AvgIpc) is 2.90. The molecule has 3 heteroatoms. The van der Waals surface area contributed by atoms with Crippen LogP contribution in [-0.4, -0.2) is 47.8 Å². The van der Waals surface area contributed by atoms with Crippen molar-refractivity contribution in [3.63, 3.8) is 0 Å². The topological polar surface area (TPSA) is 35.5 Å². The highest BCUT2D eigenvalue weighted by molar-refractivity contribution is 4.97. The highest BCUT2D eigenvalue weighted by atomic mass is 16.3. The molecule has 2 N–H and O–H groups in total. The summed E-state index contributed by atoms with van der Waals surface area (Å²) in [6, 6.07) is 0. The molecule has 0 aromatic heterocycles. The summed E-state index contributed by atoms with van der Waals surface area (Å²) < 4.78 is 0. The molecule has 1 aliphatic rings. The van der Waals surface area contributed by atoms with Crippen molar-refractivity contribution < 1.29 is 5.11 Å². The van der Waals surface area contributed by atoms with Gasteiger partial charge in [-0.05, 0) is 32.9 Å². The van der Waals surface area contributed by atoms with Gasteiger partial charge in [-0.3, -0.25) is 0 Å². The third-order valence-electron chi connectivity index (χ3n) is 3.13. The number of aliphatic hydroxyl groups excluding tert-OH is 1. The van der Waals surface area contributed by atoms with E-state index < -0.39 is 0 Å². The lowest BCUT2D eigenvalue weighted by molar-refractivity contribution is 0.113. The lowest BCUT2D eigenvalue weighted by Crippen LogP contribution is -2.41. The first-order chi connectivity index (χ1) is 6.59.